The first-order valence-corrected chi connectivity index (χ1v) is 9.33. The first kappa shape index (κ1) is 23.4. The van der Waals surface area contributed by atoms with Gasteiger partial charge in [-0.15, -0.1) is 0 Å². The highest BCUT2D eigenvalue weighted by Crippen LogP contribution is 2.21. The summed E-state index contributed by atoms with van der Waals surface area (Å²) in [6.45, 7) is 8.47. The molecule has 0 saturated heterocycles. The molecule has 0 fully saturated rings. The number of aliphatic carboxylic acids is 1. The Bertz CT molecular complexity index is 876. The lowest BCUT2D eigenvalue weighted by Crippen LogP contribution is -2.30. The van der Waals surface area contributed by atoms with Crippen molar-refractivity contribution in [2.24, 2.45) is 0 Å². The Morgan fingerprint density at radius 3 is 2.40 bits per heavy atom. The summed E-state index contributed by atoms with van der Waals surface area (Å²) in [5, 5.41) is 9.94. The van der Waals surface area contributed by atoms with Crippen molar-refractivity contribution in [2.75, 3.05) is 6.54 Å². The van der Waals surface area contributed by atoms with Gasteiger partial charge in [0.15, 0.2) is 0 Å². The molecule has 7 nitrogen and oxygen atoms in total. The van der Waals surface area contributed by atoms with Crippen LogP contribution in [0.2, 0.25) is 0 Å². The van der Waals surface area contributed by atoms with E-state index in [-0.39, 0.29) is 17.8 Å². The largest absolute Gasteiger partial charge is 0.490 e. The van der Waals surface area contributed by atoms with Gasteiger partial charge in [0.05, 0.1) is 5.69 Å². The Hall–Kier alpha value is -2.88. The summed E-state index contributed by atoms with van der Waals surface area (Å²) in [6, 6.07) is 8.67. The summed E-state index contributed by atoms with van der Waals surface area (Å²) in [4.78, 5) is 27.6. The van der Waals surface area contributed by atoms with Crippen LogP contribution in [0, 0.1) is 6.92 Å². The van der Waals surface area contributed by atoms with E-state index < -0.39 is 12.1 Å². The van der Waals surface area contributed by atoms with Crippen LogP contribution in [0.15, 0.2) is 28.7 Å². The Kier molecular flexibility index (Phi) is 7.60. The molecule has 0 radical (unpaired) electrons. The lowest BCUT2D eigenvalue weighted by molar-refractivity contribution is -0.192. The first-order chi connectivity index (χ1) is 14.0. The van der Waals surface area contributed by atoms with Gasteiger partial charge < -0.3 is 14.8 Å². The van der Waals surface area contributed by atoms with Crippen molar-refractivity contribution in [3.8, 4) is 0 Å². The molecule has 1 aromatic heterocycles. The molecule has 0 atom stereocenters. The normalized spacial score (nSPS) is 14.0. The van der Waals surface area contributed by atoms with E-state index in [9.17, 15) is 18.0 Å². The zero-order valence-corrected chi connectivity index (χ0v) is 16.9. The Balaban J connectivity index is 0.000000396. The van der Waals surface area contributed by atoms with E-state index in [1.807, 2.05) is 13.8 Å². The number of halogens is 3. The molecule has 10 heteroatoms. The minimum Gasteiger partial charge on any atom is -0.475 e. The van der Waals surface area contributed by atoms with Gasteiger partial charge >= 0.3 is 18.1 Å². The van der Waals surface area contributed by atoms with Crippen LogP contribution in [-0.4, -0.2) is 45.6 Å². The van der Waals surface area contributed by atoms with E-state index in [1.54, 1.807) is 0 Å². The van der Waals surface area contributed by atoms with Gasteiger partial charge in [-0.05, 0) is 26.3 Å². The molecule has 2 N–H and O–H groups in total. The predicted molar refractivity (Wildman–Crippen MR) is 102 cm³/mol. The number of rotatable bonds is 4. The minimum atomic E-state index is -5.08. The van der Waals surface area contributed by atoms with Gasteiger partial charge in [0.1, 0.15) is 5.76 Å². The Morgan fingerprint density at radius 1 is 1.27 bits per heavy atom. The highest BCUT2D eigenvalue weighted by molar-refractivity contribution is 5.89. The van der Waals surface area contributed by atoms with Crippen LogP contribution in [0.4, 0.5) is 13.2 Å². The average molecular weight is 427 g/mol. The molecular formula is C20H24F3N3O4. The molecule has 30 heavy (non-hydrogen) atoms. The zero-order valence-electron chi connectivity index (χ0n) is 16.9. The standard InChI is InChI=1S/C18H23N3O2.C2HF3O2/c1-12(2)19-17(22)18-20-15-11-21(9-8-16(15)23-18)10-14-6-4-13(3)5-7-14;3-2(4,5)1(6)7/h4-7,12H,8-11H2,1-3H3,(H,19,22);(H,6,7). The van der Waals surface area contributed by atoms with Crippen LogP contribution in [0.5, 0.6) is 0 Å². The van der Waals surface area contributed by atoms with Crippen molar-refractivity contribution >= 4 is 11.9 Å². The number of nitrogens with zero attached hydrogens (tertiary/aromatic N) is 2. The predicted octanol–water partition coefficient (Wildman–Crippen LogP) is 3.31. The monoisotopic (exact) mass is 427 g/mol. The molecule has 0 aliphatic carbocycles. The number of aryl methyl sites for hydroxylation is 1. The van der Waals surface area contributed by atoms with Gasteiger partial charge in [-0.1, -0.05) is 29.8 Å². The van der Waals surface area contributed by atoms with E-state index >= 15 is 0 Å². The van der Waals surface area contributed by atoms with Crippen molar-refractivity contribution in [1.29, 1.82) is 0 Å². The number of benzene rings is 1. The Morgan fingerprint density at radius 2 is 1.87 bits per heavy atom. The van der Waals surface area contributed by atoms with Crippen LogP contribution in [-0.2, 0) is 24.3 Å². The number of carbonyl (C=O) groups is 2. The maximum absolute atomic E-state index is 12.0. The molecule has 2 aromatic rings. The van der Waals surface area contributed by atoms with Crippen LogP contribution in [0.1, 0.15) is 47.1 Å². The highest BCUT2D eigenvalue weighted by Gasteiger charge is 2.38. The first-order valence-electron chi connectivity index (χ1n) is 9.33. The number of hydrogen-bond donors (Lipinski definition) is 2. The molecule has 0 unspecified atom stereocenters. The summed E-state index contributed by atoms with van der Waals surface area (Å²) in [5.74, 6) is -1.97. The molecule has 1 aliphatic heterocycles. The lowest BCUT2D eigenvalue weighted by atomic mass is 10.1. The fourth-order valence-corrected chi connectivity index (χ4v) is 2.76. The number of carboxylic acid groups (broad SMARTS) is 1. The second-order valence-electron chi connectivity index (χ2n) is 7.27. The van der Waals surface area contributed by atoms with Gasteiger partial charge in [-0.3, -0.25) is 9.69 Å². The molecule has 1 aliphatic rings. The van der Waals surface area contributed by atoms with Gasteiger partial charge in [0.2, 0.25) is 0 Å². The number of oxazole rings is 1. The lowest BCUT2D eigenvalue weighted by Gasteiger charge is -2.25. The average Bonchev–Trinajstić information content (AvgIpc) is 3.06. The molecule has 3 rings (SSSR count). The van der Waals surface area contributed by atoms with Crippen molar-refractivity contribution < 1.29 is 32.3 Å². The molecule has 2 heterocycles. The molecular weight excluding hydrogens is 403 g/mol. The highest BCUT2D eigenvalue weighted by atomic mass is 19.4. The van der Waals surface area contributed by atoms with Gasteiger partial charge in [-0.25, -0.2) is 9.78 Å². The quantitative estimate of drug-likeness (QED) is 0.777. The number of fused-ring (bicyclic) bond motifs is 1. The third-order valence-electron chi connectivity index (χ3n) is 4.19. The van der Waals surface area contributed by atoms with Gasteiger partial charge in [0.25, 0.3) is 5.89 Å². The molecule has 1 amide bonds. The summed E-state index contributed by atoms with van der Waals surface area (Å²) in [5.41, 5.74) is 3.45. The SMILES string of the molecule is Cc1ccc(CN2CCc3oc(C(=O)NC(C)C)nc3C2)cc1.O=C(O)C(F)(F)F. The second-order valence-corrected chi connectivity index (χ2v) is 7.27. The number of alkyl halides is 3. The van der Waals surface area contributed by atoms with Crippen molar-refractivity contribution in [2.45, 2.75) is 52.5 Å². The fraction of sp³-hybridized carbons (Fsp3) is 0.450. The zero-order chi connectivity index (χ0) is 22.5. The number of carboxylic acids is 1. The summed E-state index contributed by atoms with van der Waals surface area (Å²) >= 11 is 0. The number of carbonyl (C=O) groups excluding carboxylic acids is 1. The van der Waals surface area contributed by atoms with Crippen molar-refractivity contribution in [3.63, 3.8) is 0 Å². The van der Waals surface area contributed by atoms with Crippen molar-refractivity contribution in [3.05, 3.63) is 52.7 Å². The third kappa shape index (κ3) is 6.87. The number of amides is 1. The number of hydrogen-bond acceptors (Lipinski definition) is 5. The topological polar surface area (TPSA) is 95.7 Å². The van der Waals surface area contributed by atoms with E-state index in [0.717, 1.165) is 37.5 Å². The molecule has 0 bridgehead atoms. The molecule has 0 saturated carbocycles. The van der Waals surface area contributed by atoms with Crippen LogP contribution in [0.3, 0.4) is 0 Å². The molecule has 164 valence electrons. The number of aromatic nitrogens is 1. The van der Waals surface area contributed by atoms with E-state index in [1.165, 1.54) is 11.1 Å². The molecule has 1 aromatic carbocycles. The minimum absolute atomic E-state index is 0.0736. The summed E-state index contributed by atoms with van der Waals surface area (Å²) < 4.78 is 37.4. The molecule has 0 spiro atoms. The maximum atomic E-state index is 12.0. The van der Waals surface area contributed by atoms with Crippen LogP contribution in [0.25, 0.3) is 0 Å². The summed E-state index contributed by atoms with van der Waals surface area (Å²) in [6.07, 6.45) is -4.29. The van der Waals surface area contributed by atoms with E-state index in [2.05, 4.69) is 46.4 Å². The Labute approximate surface area is 171 Å². The third-order valence-corrected chi connectivity index (χ3v) is 4.19. The van der Waals surface area contributed by atoms with E-state index in [4.69, 9.17) is 14.3 Å². The van der Waals surface area contributed by atoms with Crippen molar-refractivity contribution in [1.82, 2.24) is 15.2 Å². The summed E-state index contributed by atoms with van der Waals surface area (Å²) in [7, 11) is 0. The van der Waals surface area contributed by atoms with Crippen LogP contribution >= 0.6 is 0 Å². The smallest absolute Gasteiger partial charge is 0.475 e. The van der Waals surface area contributed by atoms with Gasteiger partial charge in [-0.2, -0.15) is 13.2 Å². The van der Waals surface area contributed by atoms with Gasteiger partial charge in [0, 0.05) is 32.1 Å². The van der Waals surface area contributed by atoms with E-state index in [0.29, 0.717) is 0 Å². The van der Waals surface area contributed by atoms with Crippen LogP contribution < -0.4 is 5.32 Å². The second kappa shape index (κ2) is 9.75. The number of nitrogens with one attached hydrogen (secondary N) is 1. The fourth-order valence-electron chi connectivity index (χ4n) is 2.76. The maximum Gasteiger partial charge on any atom is 0.490 e.